The fourth-order valence-electron chi connectivity index (χ4n) is 2.61. The molecule has 0 saturated carbocycles. The SMILES string of the molecule is CCNC(c1ccc2nccnc2c1)c1ccnn1CC. The molecule has 21 heavy (non-hydrogen) atoms. The van der Waals surface area contributed by atoms with Crippen LogP contribution in [-0.2, 0) is 6.54 Å². The van der Waals surface area contributed by atoms with E-state index in [2.05, 4.69) is 52.4 Å². The van der Waals surface area contributed by atoms with Crippen molar-refractivity contribution in [1.29, 1.82) is 0 Å². The van der Waals surface area contributed by atoms with E-state index in [9.17, 15) is 0 Å². The van der Waals surface area contributed by atoms with Crippen LogP contribution in [0.4, 0.5) is 0 Å². The Morgan fingerprint density at radius 3 is 2.62 bits per heavy atom. The van der Waals surface area contributed by atoms with Crippen LogP contribution in [0, 0.1) is 0 Å². The Labute approximate surface area is 124 Å². The number of aromatic nitrogens is 4. The number of benzene rings is 1. The summed E-state index contributed by atoms with van der Waals surface area (Å²) in [6, 6.07) is 8.41. The Kier molecular flexibility index (Phi) is 3.92. The highest BCUT2D eigenvalue weighted by molar-refractivity contribution is 5.74. The molecule has 1 unspecified atom stereocenters. The van der Waals surface area contributed by atoms with E-state index in [0.29, 0.717) is 0 Å². The molecule has 0 radical (unpaired) electrons. The van der Waals surface area contributed by atoms with Crippen molar-refractivity contribution in [3.05, 3.63) is 54.1 Å². The predicted molar refractivity (Wildman–Crippen MR) is 83.0 cm³/mol. The lowest BCUT2D eigenvalue weighted by atomic mass is 10.0. The molecule has 1 atom stereocenters. The highest BCUT2D eigenvalue weighted by Gasteiger charge is 2.17. The molecule has 0 aliphatic carbocycles. The van der Waals surface area contributed by atoms with Crippen molar-refractivity contribution in [3.63, 3.8) is 0 Å². The number of nitrogens with zero attached hydrogens (tertiary/aromatic N) is 4. The average Bonchev–Trinajstić information content (AvgIpc) is 3.00. The lowest BCUT2D eigenvalue weighted by Crippen LogP contribution is -2.24. The van der Waals surface area contributed by atoms with Crippen LogP contribution in [-0.4, -0.2) is 26.3 Å². The van der Waals surface area contributed by atoms with Gasteiger partial charge in [-0.05, 0) is 37.2 Å². The van der Waals surface area contributed by atoms with Gasteiger partial charge in [-0.2, -0.15) is 5.10 Å². The van der Waals surface area contributed by atoms with Gasteiger partial charge in [-0.25, -0.2) is 0 Å². The molecule has 5 heteroatoms. The van der Waals surface area contributed by atoms with E-state index in [0.717, 1.165) is 24.1 Å². The van der Waals surface area contributed by atoms with Crippen molar-refractivity contribution in [3.8, 4) is 0 Å². The third kappa shape index (κ3) is 2.64. The van der Waals surface area contributed by atoms with Gasteiger partial charge in [-0.3, -0.25) is 14.6 Å². The monoisotopic (exact) mass is 281 g/mol. The summed E-state index contributed by atoms with van der Waals surface area (Å²) in [5.41, 5.74) is 4.18. The van der Waals surface area contributed by atoms with E-state index >= 15 is 0 Å². The van der Waals surface area contributed by atoms with Gasteiger partial charge in [-0.1, -0.05) is 13.0 Å². The van der Waals surface area contributed by atoms with Crippen molar-refractivity contribution in [1.82, 2.24) is 25.1 Å². The van der Waals surface area contributed by atoms with Gasteiger partial charge in [-0.15, -0.1) is 0 Å². The van der Waals surface area contributed by atoms with Gasteiger partial charge in [0.25, 0.3) is 0 Å². The van der Waals surface area contributed by atoms with E-state index < -0.39 is 0 Å². The second-order valence-electron chi connectivity index (χ2n) is 4.87. The van der Waals surface area contributed by atoms with E-state index in [4.69, 9.17) is 0 Å². The van der Waals surface area contributed by atoms with Crippen LogP contribution in [0.5, 0.6) is 0 Å². The van der Waals surface area contributed by atoms with Gasteiger partial charge in [0, 0.05) is 25.1 Å². The predicted octanol–water partition coefficient (Wildman–Crippen LogP) is 2.55. The maximum atomic E-state index is 4.40. The first-order valence-electron chi connectivity index (χ1n) is 7.29. The highest BCUT2D eigenvalue weighted by Crippen LogP contribution is 2.24. The lowest BCUT2D eigenvalue weighted by Gasteiger charge is -2.19. The van der Waals surface area contributed by atoms with Gasteiger partial charge in [0.15, 0.2) is 0 Å². The van der Waals surface area contributed by atoms with Crippen molar-refractivity contribution in [2.75, 3.05) is 6.54 Å². The molecule has 0 fully saturated rings. The van der Waals surface area contributed by atoms with Gasteiger partial charge in [0.2, 0.25) is 0 Å². The van der Waals surface area contributed by atoms with Crippen LogP contribution in [0.2, 0.25) is 0 Å². The summed E-state index contributed by atoms with van der Waals surface area (Å²) in [7, 11) is 0. The summed E-state index contributed by atoms with van der Waals surface area (Å²) in [6.07, 6.45) is 5.30. The summed E-state index contributed by atoms with van der Waals surface area (Å²) in [6.45, 7) is 5.96. The molecular weight excluding hydrogens is 262 g/mol. The fraction of sp³-hybridized carbons (Fsp3) is 0.312. The number of nitrogens with one attached hydrogen (secondary N) is 1. The van der Waals surface area contributed by atoms with Crippen LogP contribution in [0.25, 0.3) is 11.0 Å². The van der Waals surface area contributed by atoms with Crippen molar-refractivity contribution in [2.24, 2.45) is 0 Å². The summed E-state index contributed by atoms with van der Waals surface area (Å²) >= 11 is 0. The lowest BCUT2D eigenvalue weighted by molar-refractivity contribution is 0.542. The van der Waals surface area contributed by atoms with Gasteiger partial charge in [0.05, 0.1) is 22.8 Å². The van der Waals surface area contributed by atoms with E-state index in [1.807, 2.05) is 16.9 Å². The molecule has 1 aromatic carbocycles. The molecule has 0 aliphatic heterocycles. The first-order valence-corrected chi connectivity index (χ1v) is 7.29. The smallest absolute Gasteiger partial charge is 0.0890 e. The molecule has 1 N–H and O–H groups in total. The van der Waals surface area contributed by atoms with Gasteiger partial charge < -0.3 is 5.32 Å². The molecular formula is C16H19N5. The fourth-order valence-corrected chi connectivity index (χ4v) is 2.61. The minimum Gasteiger partial charge on any atom is -0.305 e. The summed E-state index contributed by atoms with van der Waals surface area (Å²) in [5.74, 6) is 0. The van der Waals surface area contributed by atoms with E-state index in [1.165, 1.54) is 11.3 Å². The van der Waals surface area contributed by atoms with Crippen molar-refractivity contribution < 1.29 is 0 Å². The molecule has 3 rings (SSSR count). The zero-order chi connectivity index (χ0) is 14.7. The van der Waals surface area contributed by atoms with Crippen LogP contribution >= 0.6 is 0 Å². The van der Waals surface area contributed by atoms with Gasteiger partial charge >= 0.3 is 0 Å². The Hall–Kier alpha value is -2.27. The highest BCUT2D eigenvalue weighted by atomic mass is 15.3. The van der Waals surface area contributed by atoms with Crippen molar-refractivity contribution >= 4 is 11.0 Å². The average molecular weight is 281 g/mol. The largest absolute Gasteiger partial charge is 0.305 e. The Balaban J connectivity index is 2.06. The molecule has 2 heterocycles. The van der Waals surface area contributed by atoms with Crippen LogP contribution in [0.1, 0.15) is 31.1 Å². The summed E-state index contributed by atoms with van der Waals surface area (Å²) in [4.78, 5) is 8.72. The number of rotatable bonds is 5. The standard InChI is InChI=1S/C16H19N5/c1-3-17-16(15-7-8-20-21(15)4-2)12-5-6-13-14(11-12)19-10-9-18-13/h5-11,16-17H,3-4H2,1-2H3. The van der Waals surface area contributed by atoms with Crippen LogP contribution in [0.15, 0.2) is 42.9 Å². The normalized spacial score (nSPS) is 12.7. The number of aryl methyl sites for hydroxylation is 1. The number of fused-ring (bicyclic) bond motifs is 1. The molecule has 0 aliphatic rings. The summed E-state index contributed by atoms with van der Waals surface area (Å²) < 4.78 is 2.02. The maximum Gasteiger partial charge on any atom is 0.0890 e. The maximum absolute atomic E-state index is 4.40. The van der Waals surface area contributed by atoms with Gasteiger partial charge in [0.1, 0.15) is 0 Å². The molecule has 0 amide bonds. The van der Waals surface area contributed by atoms with Crippen LogP contribution in [0.3, 0.4) is 0 Å². The molecule has 0 bridgehead atoms. The third-order valence-corrected chi connectivity index (χ3v) is 3.58. The van der Waals surface area contributed by atoms with Crippen LogP contribution < -0.4 is 5.32 Å². The zero-order valence-corrected chi connectivity index (χ0v) is 12.3. The number of hydrogen-bond donors (Lipinski definition) is 1. The van der Waals surface area contributed by atoms with Crippen molar-refractivity contribution in [2.45, 2.75) is 26.4 Å². The molecule has 0 saturated heterocycles. The minimum absolute atomic E-state index is 0.115. The zero-order valence-electron chi connectivity index (χ0n) is 12.3. The topological polar surface area (TPSA) is 55.6 Å². The first kappa shape index (κ1) is 13.7. The van der Waals surface area contributed by atoms with E-state index in [-0.39, 0.29) is 6.04 Å². The Morgan fingerprint density at radius 1 is 1.05 bits per heavy atom. The Morgan fingerprint density at radius 2 is 1.86 bits per heavy atom. The first-order chi connectivity index (χ1) is 10.3. The second-order valence-corrected chi connectivity index (χ2v) is 4.87. The molecule has 3 aromatic rings. The summed E-state index contributed by atoms with van der Waals surface area (Å²) in [5, 5.41) is 7.91. The van der Waals surface area contributed by atoms with E-state index in [1.54, 1.807) is 12.4 Å². The molecule has 108 valence electrons. The molecule has 2 aromatic heterocycles. The molecule has 5 nitrogen and oxygen atoms in total. The third-order valence-electron chi connectivity index (χ3n) is 3.58. The second kappa shape index (κ2) is 6.01. The number of hydrogen-bond acceptors (Lipinski definition) is 4. The molecule has 0 spiro atoms. The minimum atomic E-state index is 0.115. The Bertz CT molecular complexity index is 734. The quantitative estimate of drug-likeness (QED) is 0.781.